The molecule has 4 fully saturated rings. The molecule has 0 N–H and O–H groups in total. The Hall–Kier alpha value is -0.270. The van der Waals surface area contributed by atoms with Crippen LogP contribution >= 0.6 is 23.2 Å². The van der Waals surface area contributed by atoms with Crippen LogP contribution in [0.1, 0.15) is 128 Å². The number of rotatable bonds is 12. The van der Waals surface area contributed by atoms with Crippen LogP contribution in [-0.2, 0) is 4.79 Å². The maximum Gasteiger partial charge on any atom is 0.180 e. The largest absolute Gasteiger partial charge is 0.290 e. The van der Waals surface area contributed by atoms with Crippen LogP contribution in [0.25, 0.3) is 0 Å². The molecule has 1 nitrogen and oxygen atoms in total. The average Bonchev–Trinajstić information content (AvgIpc) is 2.77. The lowest BCUT2D eigenvalue weighted by molar-refractivity contribution is -0.110. The molecule has 0 radical (unpaired) electrons. The second-order valence-electron chi connectivity index (χ2n) is 12.4. The minimum Gasteiger partial charge on any atom is -0.290 e. The fourth-order valence-electron chi connectivity index (χ4n) is 7.28. The van der Waals surface area contributed by atoms with E-state index in [0.29, 0.717) is 11.8 Å². The summed E-state index contributed by atoms with van der Waals surface area (Å²) in [6.07, 6.45) is 30.8. The smallest absolute Gasteiger partial charge is 0.180 e. The van der Waals surface area contributed by atoms with Crippen molar-refractivity contribution < 1.29 is 4.79 Å². The van der Waals surface area contributed by atoms with Crippen LogP contribution < -0.4 is 0 Å². The number of carbonyl (C=O) groups is 1. The molecule has 0 aromatic heterocycles. The Bertz CT molecular complexity index is 628. The maximum atomic E-state index is 12.5. The zero-order chi connectivity index (χ0) is 23.8. The van der Waals surface area contributed by atoms with E-state index in [4.69, 9.17) is 23.2 Å². The Morgan fingerprint density at radius 1 is 0.559 bits per heavy atom. The van der Waals surface area contributed by atoms with Crippen LogP contribution in [0.2, 0.25) is 0 Å². The van der Waals surface area contributed by atoms with Crippen molar-refractivity contribution in [1.82, 2.24) is 0 Å². The molecular formula is C31H48Cl2O. The second kappa shape index (κ2) is 13.9. The van der Waals surface area contributed by atoms with E-state index in [2.05, 4.69) is 0 Å². The van der Waals surface area contributed by atoms with Crippen LogP contribution in [0.4, 0.5) is 0 Å². The van der Waals surface area contributed by atoms with Gasteiger partial charge >= 0.3 is 0 Å². The fraction of sp³-hybridized carbons (Fsp3) is 0.839. The predicted octanol–water partition coefficient (Wildman–Crippen LogP) is 10.4. The number of hydrogen-bond acceptors (Lipinski definition) is 1. The molecule has 0 aromatic rings. The van der Waals surface area contributed by atoms with E-state index < -0.39 is 0 Å². The molecule has 4 saturated carbocycles. The molecule has 3 heteroatoms. The Morgan fingerprint density at radius 2 is 0.912 bits per heavy atom. The first-order valence-corrected chi connectivity index (χ1v) is 15.6. The zero-order valence-corrected chi connectivity index (χ0v) is 22.9. The van der Waals surface area contributed by atoms with Gasteiger partial charge in [0.1, 0.15) is 0 Å². The van der Waals surface area contributed by atoms with Gasteiger partial charge in [0.15, 0.2) is 5.78 Å². The highest BCUT2D eigenvalue weighted by molar-refractivity contribution is 6.33. The van der Waals surface area contributed by atoms with Crippen LogP contribution in [-0.4, -0.2) is 5.78 Å². The molecule has 192 valence electrons. The molecule has 0 aromatic carbocycles. The van der Waals surface area contributed by atoms with Gasteiger partial charge in [0.2, 0.25) is 0 Å². The van der Waals surface area contributed by atoms with Gasteiger partial charge in [-0.2, -0.15) is 0 Å². The SMILES string of the molecule is O=C(C=C(Cl)C1CC(CCCC2CCCCC2)C1)C=C(Cl)C1CC(CCCC2CCCCC2)C1. The Morgan fingerprint density at radius 3 is 1.29 bits per heavy atom. The standard InChI is InChI=1S/C31H48Cl2O/c32-30(27-17-25(18-27)15-7-13-23-9-3-1-4-10-23)21-29(34)22-31(33)28-19-26(20-28)16-8-14-24-11-5-2-6-12-24/h21-28H,1-20H2. The summed E-state index contributed by atoms with van der Waals surface area (Å²) < 4.78 is 0. The number of allylic oxidation sites excluding steroid dienone is 4. The lowest BCUT2D eigenvalue weighted by Crippen LogP contribution is -2.25. The summed E-state index contributed by atoms with van der Waals surface area (Å²) in [5, 5.41) is 1.51. The minimum atomic E-state index is -0.0171. The number of halogens is 2. The van der Waals surface area contributed by atoms with Gasteiger partial charge < -0.3 is 0 Å². The fourth-order valence-corrected chi connectivity index (χ4v) is 7.86. The molecule has 0 heterocycles. The molecule has 4 aliphatic rings. The first kappa shape index (κ1) is 26.8. The van der Waals surface area contributed by atoms with Crippen molar-refractivity contribution in [2.75, 3.05) is 0 Å². The van der Waals surface area contributed by atoms with Crippen molar-refractivity contribution in [2.24, 2.45) is 35.5 Å². The van der Waals surface area contributed by atoms with Gasteiger partial charge in [0, 0.05) is 22.2 Å². The molecule has 4 aliphatic carbocycles. The Kier molecular flexibility index (Phi) is 10.9. The van der Waals surface area contributed by atoms with Gasteiger partial charge in [-0.1, -0.05) is 126 Å². The van der Waals surface area contributed by atoms with E-state index >= 15 is 0 Å². The molecule has 0 atom stereocenters. The monoisotopic (exact) mass is 506 g/mol. The zero-order valence-electron chi connectivity index (χ0n) is 21.4. The number of carbonyl (C=O) groups excluding carboxylic acids is 1. The summed E-state index contributed by atoms with van der Waals surface area (Å²) in [6.45, 7) is 0. The highest BCUT2D eigenvalue weighted by Crippen LogP contribution is 2.45. The summed E-state index contributed by atoms with van der Waals surface area (Å²) in [6, 6.07) is 0. The lowest BCUT2D eigenvalue weighted by atomic mass is 9.71. The highest BCUT2D eigenvalue weighted by Gasteiger charge is 2.32. The second-order valence-corrected chi connectivity index (χ2v) is 13.3. The maximum absolute atomic E-state index is 12.5. The van der Waals surface area contributed by atoms with Crippen molar-refractivity contribution in [1.29, 1.82) is 0 Å². The normalized spacial score (nSPS) is 31.7. The molecule has 0 saturated heterocycles. The molecule has 0 unspecified atom stereocenters. The number of ketones is 1. The summed E-state index contributed by atoms with van der Waals surface area (Å²) >= 11 is 13.0. The quantitative estimate of drug-likeness (QED) is 0.240. The van der Waals surface area contributed by atoms with Crippen LogP contribution in [0.5, 0.6) is 0 Å². The topological polar surface area (TPSA) is 17.1 Å². The number of hydrogen-bond donors (Lipinski definition) is 0. The lowest BCUT2D eigenvalue weighted by Gasteiger charge is -2.36. The van der Waals surface area contributed by atoms with E-state index in [-0.39, 0.29) is 5.78 Å². The van der Waals surface area contributed by atoms with Crippen LogP contribution in [0.3, 0.4) is 0 Å². The predicted molar refractivity (Wildman–Crippen MR) is 146 cm³/mol. The molecule has 0 spiro atoms. The van der Waals surface area contributed by atoms with E-state index in [0.717, 1.165) is 59.4 Å². The Labute approximate surface area is 219 Å². The Balaban J connectivity index is 1.07. The average molecular weight is 508 g/mol. The molecule has 4 rings (SSSR count). The molecule has 34 heavy (non-hydrogen) atoms. The first-order valence-electron chi connectivity index (χ1n) is 14.8. The first-order chi connectivity index (χ1) is 16.6. The summed E-state index contributed by atoms with van der Waals surface area (Å²) in [4.78, 5) is 12.5. The van der Waals surface area contributed by atoms with E-state index in [1.54, 1.807) is 12.2 Å². The third-order valence-electron chi connectivity index (χ3n) is 9.71. The van der Waals surface area contributed by atoms with Gasteiger partial charge in [-0.15, -0.1) is 0 Å². The molecule has 0 bridgehead atoms. The van der Waals surface area contributed by atoms with Gasteiger partial charge in [0.05, 0.1) is 0 Å². The van der Waals surface area contributed by atoms with Crippen molar-refractivity contribution in [3.63, 3.8) is 0 Å². The van der Waals surface area contributed by atoms with E-state index in [1.165, 1.54) is 103 Å². The van der Waals surface area contributed by atoms with Crippen molar-refractivity contribution >= 4 is 29.0 Å². The summed E-state index contributed by atoms with van der Waals surface area (Å²) in [5.41, 5.74) is 0. The molecule has 0 aliphatic heterocycles. The van der Waals surface area contributed by atoms with Crippen LogP contribution in [0, 0.1) is 35.5 Å². The van der Waals surface area contributed by atoms with E-state index in [9.17, 15) is 4.79 Å². The summed E-state index contributed by atoms with van der Waals surface area (Å²) in [7, 11) is 0. The van der Waals surface area contributed by atoms with Gasteiger partial charge in [-0.3, -0.25) is 4.79 Å². The molecule has 0 amide bonds. The van der Waals surface area contributed by atoms with Gasteiger partial charge in [0.25, 0.3) is 0 Å². The third-order valence-corrected chi connectivity index (χ3v) is 10.5. The van der Waals surface area contributed by atoms with Crippen molar-refractivity contribution in [3.8, 4) is 0 Å². The van der Waals surface area contributed by atoms with E-state index in [1.807, 2.05) is 0 Å². The highest BCUT2D eigenvalue weighted by atomic mass is 35.5. The third kappa shape index (κ3) is 8.40. The van der Waals surface area contributed by atoms with Crippen molar-refractivity contribution in [3.05, 3.63) is 22.2 Å². The van der Waals surface area contributed by atoms with Crippen LogP contribution in [0.15, 0.2) is 22.2 Å². The minimum absolute atomic E-state index is 0.0171. The molecular weight excluding hydrogens is 459 g/mol. The van der Waals surface area contributed by atoms with Gasteiger partial charge in [-0.05, 0) is 61.2 Å². The summed E-state index contributed by atoms with van der Waals surface area (Å²) in [5.74, 6) is 4.40. The van der Waals surface area contributed by atoms with Crippen molar-refractivity contribution in [2.45, 2.75) is 128 Å². The van der Waals surface area contributed by atoms with Gasteiger partial charge in [-0.25, -0.2) is 0 Å².